The Bertz CT molecular complexity index is 371. The second-order valence-electron chi connectivity index (χ2n) is 7.46. The molecule has 5 heteroatoms. The second kappa shape index (κ2) is 6.63. The Kier molecular flexibility index (Phi) is 5.28. The predicted molar refractivity (Wildman–Crippen MR) is 84.5 cm³/mol. The fourth-order valence-corrected chi connectivity index (χ4v) is 3.79. The van der Waals surface area contributed by atoms with Crippen LogP contribution in [0.25, 0.3) is 0 Å². The van der Waals surface area contributed by atoms with Gasteiger partial charge in [0.1, 0.15) is 5.54 Å². The molecular formula is C16H31N3O2. The zero-order valence-electron chi connectivity index (χ0n) is 13.9. The van der Waals surface area contributed by atoms with Gasteiger partial charge in [-0.25, -0.2) is 0 Å². The van der Waals surface area contributed by atoms with Crippen molar-refractivity contribution in [3.05, 3.63) is 0 Å². The van der Waals surface area contributed by atoms with Gasteiger partial charge in [-0.1, -0.05) is 0 Å². The number of likely N-dealkylation sites (tertiary alicyclic amines) is 1. The molecule has 1 aliphatic heterocycles. The van der Waals surface area contributed by atoms with Crippen molar-refractivity contribution in [2.45, 2.75) is 44.7 Å². The average Bonchev–Trinajstić information content (AvgIpc) is 3.13. The van der Waals surface area contributed by atoms with Crippen LogP contribution in [0.15, 0.2) is 0 Å². The van der Waals surface area contributed by atoms with E-state index in [2.05, 4.69) is 29.2 Å². The third kappa shape index (κ3) is 4.18. The molecule has 1 heterocycles. The molecule has 0 bridgehead atoms. The van der Waals surface area contributed by atoms with Gasteiger partial charge in [-0.2, -0.15) is 0 Å². The van der Waals surface area contributed by atoms with Gasteiger partial charge >= 0.3 is 5.97 Å². The summed E-state index contributed by atoms with van der Waals surface area (Å²) < 4.78 is 0. The first-order chi connectivity index (χ1) is 9.83. The van der Waals surface area contributed by atoms with Gasteiger partial charge < -0.3 is 14.9 Å². The molecule has 5 nitrogen and oxygen atoms in total. The van der Waals surface area contributed by atoms with Crippen LogP contribution in [0, 0.1) is 11.8 Å². The van der Waals surface area contributed by atoms with E-state index in [4.69, 9.17) is 0 Å². The molecule has 2 rings (SSSR count). The van der Waals surface area contributed by atoms with E-state index in [0.29, 0.717) is 12.5 Å². The molecule has 2 atom stereocenters. The van der Waals surface area contributed by atoms with E-state index >= 15 is 0 Å². The van der Waals surface area contributed by atoms with Crippen molar-refractivity contribution >= 4 is 5.97 Å². The van der Waals surface area contributed by atoms with E-state index in [0.717, 1.165) is 32.5 Å². The number of likely N-dealkylation sites (N-methyl/N-ethyl adjacent to an activating group) is 1. The van der Waals surface area contributed by atoms with Crippen LogP contribution in [-0.4, -0.2) is 72.7 Å². The molecule has 1 aliphatic carbocycles. The molecule has 0 amide bonds. The monoisotopic (exact) mass is 297 g/mol. The third-order valence-corrected chi connectivity index (χ3v) is 4.78. The average molecular weight is 297 g/mol. The van der Waals surface area contributed by atoms with Gasteiger partial charge in [0, 0.05) is 25.7 Å². The SMILES string of the molecule is CC(C)NC(CN(C)CC1CCN(C)C1)(C(=O)O)C1CC1. The molecule has 2 unspecified atom stereocenters. The summed E-state index contributed by atoms with van der Waals surface area (Å²) >= 11 is 0. The maximum absolute atomic E-state index is 12.0. The Morgan fingerprint density at radius 1 is 1.43 bits per heavy atom. The molecule has 0 radical (unpaired) electrons. The minimum atomic E-state index is -0.770. The first kappa shape index (κ1) is 16.7. The first-order valence-electron chi connectivity index (χ1n) is 8.21. The number of hydrogen-bond donors (Lipinski definition) is 2. The molecular weight excluding hydrogens is 266 g/mol. The van der Waals surface area contributed by atoms with Crippen molar-refractivity contribution in [3.8, 4) is 0 Å². The molecule has 1 saturated carbocycles. The lowest BCUT2D eigenvalue weighted by atomic mass is 9.91. The molecule has 0 aromatic rings. The largest absolute Gasteiger partial charge is 0.480 e. The van der Waals surface area contributed by atoms with Crippen LogP contribution >= 0.6 is 0 Å². The van der Waals surface area contributed by atoms with Gasteiger partial charge in [0.15, 0.2) is 0 Å². The van der Waals surface area contributed by atoms with Gasteiger partial charge in [-0.15, -0.1) is 0 Å². The summed E-state index contributed by atoms with van der Waals surface area (Å²) in [6.07, 6.45) is 3.29. The summed E-state index contributed by atoms with van der Waals surface area (Å²) in [7, 11) is 4.23. The normalized spacial score (nSPS) is 26.5. The zero-order valence-corrected chi connectivity index (χ0v) is 13.9. The van der Waals surface area contributed by atoms with Crippen molar-refractivity contribution in [3.63, 3.8) is 0 Å². The molecule has 2 aliphatic rings. The van der Waals surface area contributed by atoms with E-state index in [9.17, 15) is 9.90 Å². The van der Waals surface area contributed by atoms with Gasteiger partial charge in [0.05, 0.1) is 0 Å². The van der Waals surface area contributed by atoms with E-state index in [1.165, 1.54) is 6.42 Å². The van der Waals surface area contributed by atoms with Gasteiger partial charge in [-0.3, -0.25) is 10.1 Å². The van der Waals surface area contributed by atoms with Crippen LogP contribution in [0.4, 0.5) is 0 Å². The molecule has 21 heavy (non-hydrogen) atoms. The van der Waals surface area contributed by atoms with Crippen LogP contribution in [0.5, 0.6) is 0 Å². The van der Waals surface area contributed by atoms with Crippen LogP contribution < -0.4 is 5.32 Å². The maximum Gasteiger partial charge on any atom is 0.325 e. The molecule has 0 aromatic carbocycles. The predicted octanol–water partition coefficient (Wildman–Crippen LogP) is 1.10. The highest BCUT2D eigenvalue weighted by molar-refractivity contribution is 5.80. The number of rotatable bonds is 8. The highest BCUT2D eigenvalue weighted by atomic mass is 16.4. The lowest BCUT2D eigenvalue weighted by Gasteiger charge is -2.37. The topological polar surface area (TPSA) is 55.8 Å². The lowest BCUT2D eigenvalue weighted by molar-refractivity contribution is -0.147. The van der Waals surface area contributed by atoms with Gasteiger partial charge in [0.25, 0.3) is 0 Å². The number of hydrogen-bond acceptors (Lipinski definition) is 4. The highest BCUT2D eigenvalue weighted by Crippen LogP contribution is 2.41. The van der Waals surface area contributed by atoms with E-state index in [1.54, 1.807) is 0 Å². The minimum absolute atomic E-state index is 0.188. The Morgan fingerprint density at radius 3 is 2.52 bits per heavy atom. The van der Waals surface area contributed by atoms with Crippen molar-refractivity contribution in [1.29, 1.82) is 0 Å². The quantitative estimate of drug-likeness (QED) is 0.703. The summed E-state index contributed by atoms with van der Waals surface area (Å²) in [6, 6.07) is 0.188. The van der Waals surface area contributed by atoms with Crippen LogP contribution in [-0.2, 0) is 4.79 Å². The Labute approximate surface area is 128 Å². The highest BCUT2D eigenvalue weighted by Gasteiger charge is 2.52. The van der Waals surface area contributed by atoms with Crippen LogP contribution in [0.1, 0.15) is 33.1 Å². The summed E-state index contributed by atoms with van der Waals surface area (Å²) in [5, 5.41) is 13.2. The first-order valence-corrected chi connectivity index (χ1v) is 8.21. The van der Waals surface area contributed by atoms with E-state index < -0.39 is 11.5 Å². The summed E-state index contributed by atoms with van der Waals surface area (Å²) in [5.74, 6) is 0.268. The van der Waals surface area contributed by atoms with E-state index in [-0.39, 0.29) is 12.0 Å². The summed E-state index contributed by atoms with van der Waals surface area (Å²) in [4.78, 5) is 16.6. The standard InChI is InChI=1S/C16H31N3O2/c1-12(2)17-16(15(20)21,14-5-6-14)11-19(4)10-13-7-8-18(3)9-13/h12-14,17H,5-11H2,1-4H3,(H,20,21). The van der Waals surface area contributed by atoms with Gasteiger partial charge in [-0.05, 0) is 65.6 Å². The Morgan fingerprint density at radius 2 is 2.10 bits per heavy atom. The number of carboxylic acids is 1. The van der Waals surface area contributed by atoms with Gasteiger partial charge in [0.2, 0.25) is 0 Å². The fourth-order valence-electron chi connectivity index (χ4n) is 3.79. The number of aliphatic carboxylic acids is 1. The smallest absolute Gasteiger partial charge is 0.325 e. The minimum Gasteiger partial charge on any atom is -0.480 e. The molecule has 2 fully saturated rings. The van der Waals surface area contributed by atoms with Crippen molar-refractivity contribution < 1.29 is 9.90 Å². The fraction of sp³-hybridized carbons (Fsp3) is 0.938. The Hall–Kier alpha value is -0.650. The molecule has 2 N–H and O–H groups in total. The van der Waals surface area contributed by atoms with Crippen molar-refractivity contribution in [2.24, 2.45) is 11.8 Å². The molecule has 1 saturated heterocycles. The van der Waals surface area contributed by atoms with Crippen LogP contribution in [0.2, 0.25) is 0 Å². The second-order valence-corrected chi connectivity index (χ2v) is 7.46. The Balaban J connectivity index is 1.98. The molecule has 0 spiro atoms. The number of nitrogens with one attached hydrogen (secondary N) is 1. The molecule has 0 aromatic heterocycles. The van der Waals surface area contributed by atoms with Crippen molar-refractivity contribution in [2.75, 3.05) is 40.3 Å². The van der Waals surface area contributed by atoms with Crippen molar-refractivity contribution in [1.82, 2.24) is 15.1 Å². The van der Waals surface area contributed by atoms with E-state index in [1.807, 2.05) is 13.8 Å². The molecule has 122 valence electrons. The number of carboxylic acid groups (broad SMARTS) is 1. The summed E-state index contributed by atoms with van der Waals surface area (Å²) in [5.41, 5.74) is -0.770. The summed E-state index contributed by atoms with van der Waals surface area (Å²) in [6.45, 7) is 7.95. The number of carbonyl (C=O) groups is 1. The maximum atomic E-state index is 12.0. The van der Waals surface area contributed by atoms with Crippen LogP contribution in [0.3, 0.4) is 0 Å². The lowest BCUT2D eigenvalue weighted by Crippen LogP contribution is -2.62. The zero-order chi connectivity index (χ0) is 15.6. The number of nitrogens with zero attached hydrogens (tertiary/aromatic N) is 2. The third-order valence-electron chi connectivity index (χ3n) is 4.78.